The zero-order valence-electron chi connectivity index (χ0n) is 25.2. The van der Waals surface area contributed by atoms with E-state index in [1.54, 1.807) is 0 Å². The first-order valence-corrected chi connectivity index (χ1v) is 15.1. The monoisotopic (exact) mass is 632 g/mol. The molecular formula is C29H44O15. The van der Waals surface area contributed by atoms with E-state index < -0.39 is 60.2 Å². The molecule has 250 valence electrons. The molecule has 0 aliphatic carbocycles. The Morgan fingerprint density at radius 3 is 1.25 bits per heavy atom. The predicted octanol–water partition coefficient (Wildman–Crippen LogP) is 1.08. The van der Waals surface area contributed by atoms with Gasteiger partial charge in [-0.2, -0.15) is 0 Å². The smallest absolute Gasteiger partial charge is 0.417 e. The summed E-state index contributed by atoms with van der Waals surface area (Å²) in [4.78, 5) is 70.3. The molecule has 2 aliphatic heterocycles. The van der Waals surface area contributed by atoms with Crippen LogP contribution in [0.25, 0.3) is 0 Å². The topological polar surface area (TPSA) is 196 Å². The van der Waals surface area contributed by atoms with Crippen LogP contribution in [0.3, 0.4) is 0 Å². The van der Waals surface area contributed by atoms with Crippen LogP contribution in [-0.4, -0.2) is 112 Å². The summed E-state index contributed by atoms with van der Waals surface area (Å²) in [6.07, 6.45) is 6.34. The number of hydrogen-bond acceptors (Lipinski definition) is 15. The molecule has 0 bridgehead atoms. The van der Waals surface area contributed by atoms with Crippen LogP contribution in [0.5, 0.6) is 0 Å². The van der Waals surface area contributed by atoms with E-state index in [9.17, 15) is 28.8 Å². The Hall–Kier alpha value is -3.30. The van der Waals surface area contributed by atoms with Crippen molar-refractivity contribution in [2.24, 2.45) is 0 Å². The van der Waals surface area contributed by atoms with Gasteiger partial charge in [-0.15, -0.1) is 0 Å². The van der Waals surface area contributed by atoms with Crippen LogP contribution in [-0.2, 0) is 66.7 Å². The average molecular weight is 633 g/mol. The van der Waals surface area contributed by atoms with Crippen molar-refractivity contribution in [3.8, 4) is 0 Å². The number of methoxy groups -OCH3 is 1. The van der Waals surface area contributed by atoms with Gasteiger partial charge in [0, 0.05) is 6.61 Å². The van der Waals surface area contributed by atoms with E-state index in [1.165, 1.54) is 0 Å². The number of esters is 6. The van der Waals surface area contributed by atoms with Gasteiger partial charge in [0.15, 0.2) is 12.2 Å². The standard InChI is InChI=1S/C29H44O15/c1-37-24(31)28(35)43-20-18-41-23-21(19-42-22(20)23)44-29(36)27(34)40-17-13-9-5-4-8-12-16-39-26(33)25(32)38-15-11-7-3-2-6-10-14-30/h20-23,30H,2-19H2,1H3/t20-,21-,22?,23?/m1/s1. The molecule has 15 heteroatoms. The molecule has 1 N–H and O–H groups in total. The van der Waals surface area contributed by atoms with Crippen LogP contribution >= 0.6 is 0 Å². The molecule has 0 aromatic rings. The molecule has 2 rings (SSSR count). The number of carbonyl (C=O) groups excluding carboxylic acids is 6. The lowest BCUT2D eigenvalue weighted by Crippen LogP contribution is -2.38. The molecule has 2 saturated heterocycles. The van der Waals surface area contributed by atoms with Gasteiger partial charge in [-0.1, -0.05) is 51.4 Å². The lowest BCUT2D eigenvalue weighted by Gasteiger charge is -2.16. The van der Waals surface area contributed by atoms with Crippen LogP contribution in [0.4, 0.5) is 0 Å². The minimum atomic E-state index is -1.20. The van der Waals surface area contributed by atoms with Crippen molar-refractivity contribution in [2.75, 3.05) is 46.8 Å². The zero-order chi connectivity index (χ0) is 32.2. The number of aliphatic hydroxyl groups is 1. The van der Waals surface area contributed by atoms with Gasteiger partial charge < -0.3 is 43.0 Å². The average Bonchev–Trinajstić information content (AvgIpc) is 3.61. The maximum absolute atomic E-state index is 12.1. The van der Waals surface area contributed by atoms with E-state index in [0.29, 0.717) is 19.3 Å². The van der Waals surface area contributed by atoms with Gasteiger partial charge in [-0.25, -0.2) is 28.8 Å². The summed E-state index contributed by atoms with van der Waals surface area (Å²) in [7, 11) is 1.04. The Labute approximate surface area is 256 Å². The highest BCUT2D eigenvalue weighted by Crippen LogP contribution is 2.30. The van der Waals surface area contributed by atoms with Gasteiger partial charge in [0.2, 0.25) is 0 Å². The highest BCUT2D eigenvalue weighted by atomic mass is 16.7. The summed E-state index contributed by atoms with van der Waals surface area (Å²) >= 11 is 0. The minimum Gasteiger partial charge on any atom is -0.461 e. The Balaban J connectivity index is 1.43. The molecule has 0 radical (unpaired) electrons. The van der Waals surface area contributed by atoms with Crippen molar-refractivity contribution in [3.05, 3.63) is 0 Å². The van der Waals surface area contributed by atoms with E-state index >= 15 is 0 Å². The summed E-state index contributed by atoms with van der Waals surface area (Å²) in [6, 6.07) is 0. The van der Waals surface area contributed by atoms with Crippen molar-refractivity contribution in [1.29, 1.82) is 0 Å². The second-order valence-electron chi connectivity index (χ2n) is 10.3. The van der Waals surface area contributed by atoms with Crippen LogP contribution in [0.15, 0.2) is 0 Å². The summed E-state index contributed by atoms with van der Waals surface area (Å²) in [6.45, 7) is 0.370. The quantitative estimate of drug-likeness (QED) is 0.0918. The van der Waals surface area contributed by atoms with E-state index in [4.69, 9.17) is 38.3 Å². The first-order chi connectivity index (χ1) is 21.3. The number of ether oxygens (including phenoxy) is 8. The maximum atomic E-state index is 12.1. The number of rotatable bonds is 19. The Morgan fingerprint density at radius 1 is 0.523 bits per heavy atom. The first kappa shape index (κ1) is 36.9. The lowest BCUT2D eigenvalue weighted by molar-refractivity contribution is -0.174. The zero-order valence-corrected chi connectivity index (χ0v) is 25.2. The molecular weight excluding hydrogens is 588 g/mol. The summed E-state index contributed by atoms with van der Waals surface area (Å²) in [5, 5.41) is 8.73. The molecule has 15 nitrogen and oxygen atoms in total. The van der Waals surface area contributed by atoms with Crippen LogP contribution in [0, 0.1) is 0 Å². The second kappa shape index (κ2) is 21.4. The van der Waals surface area contributed by atoms with Gasteiger partial charge in [-0.3, -0.25) is 0 Å². The molecule has 4 atom stereocenters. The molecule has 0 saturated carbocycles. The van der Waals surface area contributed by atoms with Crippen molar-refractivity contribution < 1.29 is 71.8 Å². The van der Waals surface area contributed by atoms with Gasteiger partial charge in [0.05, 0.1) is 40.1 Å². The molecule has 44 heavy (non-hydrogen) atoms. The summed E-state index contributed by atoms with van der Waals surface area (Å²) in [5.74, 6) is -6.67. The van der Waals surface area contributed by atoms with Crippen LogP contribution in [0.1, 0.15) is 77.0 Å². The van der Waals surface area contributed by atoms with Crippen molar-refractivity contribution >= 4 is 35.8 Å². The third-order valence-electron chi connectivity index (χ3n) is 6.96. The predicted molar refractivity (Wildman–Crippen MR) is 147 cm³/mol. The molecule has 2 heterocycles. The Morgan fingerprint density at radius 2 is 0.864 bits per heavy atom. The number of unbranched alkanes of at least 4 members (excludes halogenated alkanes) is 10. The number of fused-ring (bicyclic) bond motifs is 1. The molecule has 0 amide bonds. The third-order valence-corrected chi connectivity index (χ3v) is 6.96. The van der Waals surface area contributed by atoms with Crippen molar-refractivity contribution in [3.63, 3.8) is 0 Å². The van der Waals surface area contributed by atoms with Crippen molar-refractivity contribution in [2.45, 2.75) is 101 Å². The normalized spacial score (nSPS) is 20.3. The van der Waals surface area contributed by atoms with Gasteiger partial charge in [0.25, 0.3) is 0 Å². The second-order valence-corrected chi connectivity index (χ2v) is 10.3. The van der Waals surface area contributed by atoms with E-state index in [2.05, 4.69) is 4.74 Å². The molecule has 2 fully saturated rings. The van der Waals surface area contributed by atoms with Gasteiger partial charge >= 0.3 is 35.8 Å². The number of hydrogen-bond donors (Lipinski definition) is 1. The SMILES string of the molecule is COC(=O)C(=O)O[C@@H]1COC2C1OC[C@H]2OC(=O)C(=O)OCCCCCCCCOC(=O)C(=O)OCCCCCCCCO. The van der Waals surface area contributed by atoms with E-state index in [-0.39, 0.29) is 39.6 Å². The lowest BCUT2D eigenvalue weighted by atomic mass is 10.1. The van der Waals surface area contributed by atoms with Crippen LogP contribution < -0.4 is 0 Å². The molecule has 2 unspecified atom stereocenters. The fourth-order valence-electron chi connectivity index (χ4n) is 4.59. The maximum Gasteiger partial charge on any atom is 0.417 e. The minimum absolute atomic E-state index is 0.0344. The van der Waals surface area contributed by atoms with Crippen molar-refractivity contribution in [1.82, 2.24) is 0 Å². The first-order valence-electron chi connectivity index (χ1n) is 15.1. The highest BCUT2D eigenvalue weighted by molar-refractivity contribution is 6.30. The molecule has 0 spiro atoms. The highest BCUT2D eigenvalue weighted by Gasteiger charge is 2.52. The van der Waals surface area contributed by atoms with Crippen LogP contribution in [0.2, 0.25) is 0 Å². The van der Waals surface area contributed by atoms with E-state index in [0.717, 1.165) is 64.9 Å². The fourth-order valence-corrected chi connectivity index (χ4v) is 4.59. The fraction of sp³-hybridized carbons (Fsp3) is 0.793. The molecule has 0 aromatic carbocycles. The molecule has 0 aromatic heterocycles. The number of carbonyl (C=O) groups is 6. The third kappa shape index (κ3) is 13.6. The summed E-state index contributed by atoms with van der Waals surface area (Å²) < 4.78 is 40.2. The van der Waals surface area contributed by atoms with Gasteiger partial charge in [-0.05, 0) is 25.7 Å². The number of aliphatic hydroxyl groups excluding tert-OH is 1. The summed E-state index contributed by atoms with van der Waals surface area (Å²) in [5.41, 5.74) is 0. The Bertz CT molecular complexity index is 936. The Kier molecular flexibility index (Phi) is 17.9. The molecule has 2 aliphatic rings. The van der Waals surface area contributed by atoms with Gasteiger partial charge in [0.1, 0.15) is 12.2 Å². The largest absolute Gasteiger partial charge is 0.461 e. The van der Waals surface area contributed by atoms with E-state index in [1.807, 2.05) is 0 Å².